The quantitative estimate of drug-likeness (QED) is 0.177. The monoisotopic (exact) mass is 569 g/mol. The van der Waals surface area contributed by atoms with Crippen LogP contribution in [0.1, 0.15) is 33.7 Å². The molecule has 0 saturated heterocycles. The average molecular weight is 570 g/mol. The molecule has 0 aromatic heterocycles. The number of benzene rings is 5. The van der Waals surface area contributed by atoms with Crippen LogP contribution in [-0.2, 0) is 19.9 Å². The number of hydrogen-bond donors (Lipinski definition) is 2. The van der Waals surface area contributed by atoms with Crippen LogP contribution in [0.4, 0.5) is 4.79 Å². The number of alkyl carbamates (subject to hydrolysis) is 1. The Morgan fingerprint density at radius 2 is 1.07 bits per heavy atom. The van der Waals surface area contributed by atoms with Crippen molar-refractivity contribution in [3.05, 3.63) is 167 Å². The number of aliphatic carboxylic acids is 1. The summed E-state index contributed by atoms with van der Waals surface area (Å²) in [6.45, 7) is -0.229. The van der Waals surface area contributed by atoms with Gasteiger partial charge in [0.05, 0.1) is 6.61 Å². The number of nitrogens with one attached hydrogen (secondary N) is 1. The summed E-state index contributed by atoms with van der Waals surface area (Å²) in [5, 5.41) is 12.7. The first-order valence-electron chi connectivity index (χ1n) is 14.2. The van der Waals surface area contributed by atoms with Gasteiger partial charge >= 0.3 is 12.1 Å². The summed E-state index contributed by atoms with van der Waals surface area (Å²) in [5.41, 5.74) is 5.75. The second-order valence-corrected chi connectivity index (χ2v) is 10.5. The molecule has 5 aromatic rings. The Morgan fingerprint density at radius 1 is 0.651 bits per heavy atom. The highest BCUT2D eigenvalue weighted by Crippen LogP contribution is 2.44. The van der Waals surface area contributed by atoms with Crippen LogP contribution < -0.4 is 5.32 Å². The number of carboxylic acids is 1. The molecule has 1 aliphatic carbocycles. The van der Waals surface area contributed by atoms with Gasteiger partial charge in [-0.15, -0.1) is 0 Å². The zero-order valence-electron chi connectivity index (χ0n) is 23.4. The molecule has 1 aliphatic rings. The molecule has 0 radical (unpaired) electrons. The Hall–Kier alpha value is -5.20. The number of rotatable bonds is 10. The van der Waals surface area contributed by atoms with Crippen molar-refractivity contribution < 1.29 is 24.2 Å². The molecule has 0 heterocycles. The van der Waals surface area contributed by atoms with Crippen molar-refractivity contribution in [3.63, 3.8) is 0 Å². The van der Waals surface area contributed by atoms with E-state index < -0.39 is 23.7 Å². The van der Waals surface area contributed by atoms with E-state index in [-0.39, 0.29) is 19.1 Å². The maximum absolute atomic E-state index is 13.0. The summed E-state index contributed by atoms with van der Waals surface area (Å²) in [6, 6.07) is 43.7. The third-order valence-electron chi connectivity index (χ3n) is 7.94. The van der Waals surface area contributed by atoms with Gasteiger partial charge in [-0.1, -0.05) is 140 Å². The third-order valence-corrected chi connectivity index (χ3v) is 7.94. The molecule has 0 bridgehead atoms. The number of carbonyl (C=O) groups excluding carboxylic acids is 1. The van der Waals surface area contributed by atoms with Gasteiger partial charge in [-0.2, -0.15) is 0 Å². The summed E-state index contributed by atoms with van der Waals surface area (Å²) in [6.07, 6.45) is -0.817. The molecule has 1 amide bonds. The SMILES string of the molecule is O=C(N[C@@H](COC(c1ccccc1)(c1ccccc1)c1ccccc1)C(=O)O)OCC1c2ccccc2-c2ccccc21. The lowest BCUT2D eigenvalue weighted by Gasteiger charge is -2.36. The largest absolute Gasteiger partial charge is 0.480 e. The smallest absolute Gasteiger partial charge is 0.407 e. The van der Waals surface area contributed by atoms with Crippen molar-refractivity contribution in [2.24, 2.45) is 0 Å². The van der Waals surface area contributed by atoms with Crippen molar-refractivity contribution >= 4 is 12.1 Å². The number of carboxylic acid groups (broad SMARTS) is 1. The van der Waals surface area contributed by atoms with Gasteiger partial charge in [0.1, 0.15) is 12.2 Å². The summed E-state index contributed by atoms with van der Waals surface area (Å²) in [5.74, 6) is -1.36. The molecule has 0 saturated carbocycles. The Labute approximate surface area is 250 Å². The minimum absolute atomic E-state index is 0.0784. The second kappa shape index (κ2) is 12.3. The van der Waals surface area contributed by atoms with Crippen LogP contribution in [0, 0.1) is 0 Å². The van der Waals surface area contributed by atoms with Crippen LogP contribution in [0.15, 0.2) is 140 Å². The second-order valence-electron chi connectivity index (χ2n) is 10.5. The summed E-state index contributed by atoms with van der Waals surface area (Å²) >= 11 is 0. The minimum atomic E-state index is -1.36. The molecule has 2 N–H and O–H groups in total. The molecule has 214 valence electrons. The predicted octanol–water partition coefficient (Wildman–Crippen LogP) is 6.99. The first-order chi connectivity index (χ1) is 21.1. The van der Waals surface area contributed by atoms with Crippen LogP contribution in [0.25, 0.3) is 11.1 Å². The Balaban J connectivity index is 1.23. The van der Waals surface area contributed by atoms with Gasteiger partial charge in [0.2, 0.25) is 0 Å². The first kappa shape index (κ1) is 27.9. The fourth-order valence-corrected chi connectivity index (χ4v) is 5.93. The van der Waals surface area contributed by atoms with Crippen molar-refractivity contribution in [2.75, 3.05) is 13.2 Å². The Kier molecular flexibility index (Phi) is 8.03. The van der Waals surface area contributed by atoms with Gasteiger partial charge in [0.25, 0.3) is 0 Å². The predicted molar refractivity (Wildman–Crippen MR) is 165 cm³/mol. The van der Waals surface area contributed by atoms with E-state index in [1.165, 1.54) is 0 Å². The van der Waals surface area contributed by atoms with Gasteiger partial charge in [0, 0.05) is 5.92 Å². The van der Waals surface area contributed by atoms with Gasteiger partial charge in [-0.05, 0) is 38.9 Å². The lowest BCUT2D eigenvalue weighted by Crippen LogP contribution is -2.47. The van der Waals surface area contributed by atoms with Crippen molar-refractivity contribution in [3.8, 4) is 11.1 Å². The number of fused-ring (bicyclic) bond motifs is 3. The van der Waals surface area contributed by atoms with Crippen LogP contribution in [-0.4, -0.2) is 36.4 Å². The number of carbonyl (C=O) groups is 2. The van der Waals surface area contributed by atoms with Gasteiger partial charge in [0.15, 0.2) is 6.04 Å². The fraction of sp³-hybridized carbons (Fsp3) is 0.135. The Bertz CT molecular complexity index is 1560. The fourth-order valence-electron chi connectivity index (χ4n) is 5.93. The Morgan fingerprint density at radius 3 is 1.51 bits per heavy atom. The van der Waals surface area contributed by atoms with Crippen molar-refractivity contribution in [1.82, 2.24) is 5.32 Å². The molecule has 6 rings (SSSR count). The van der Waals surface area contributed by atoms with E-state index in [0.29, 0.717) is 0 Å². The average Bonchev–Trinajstić information content (AvgIpc) is 3.38. The molecule has 43 heavy (non-hydrogen) atoms. The zero-order chi connectivity index (χ0) is 29.6. The highest BCUT2D eigenvalue weighted by atomic mass is 16.6. The molecule has 0 spiro atoms. The minimum Gasteiger partial charge on any atom is -0.480 e. The van der Waals surface area contributed by atoms with Gasteiger partial charge < -0.3 is 19.9 Å². The lowest BCUT2D eigenvalue weighted by molar-refractivity contribution is -0.142. The molecule has 1 atom stereocenters. The van der Waals surface area contributed by atoms with E-state index in [4.69, 9.17) is 9.47 Å². The van der Waals surface area contributed by atoms with E-state index in [1.54, 1.807) is 0 Å². The third kappa shape index (κ3) is 5.53. The molecule has 0 unspecified atom stereocenters. The van der Waals surface area contributed by atoms with Crippen LogP contribution >= 0.6 is 0 Å². The van der Waals surface area contributed by atoms with Crippen LogP contribution in [0.2, 0.25) is 0 Å². The van der Waals surface area contributed by atoms with E-state index in [0.717, 1.165) is 38.9 Å². The van der Waals surface area contributed by atoms with Crippen LogP contribution in [0.3, 0.4) is 0 Å². The molecular weight excluding hydrogens is 538 g/mol. The van der Waals surface area contributed by atoms with E-state index in [1.807, 2.05) is 127 Å². The normalized spacial score (nSPS) is 13.0. The molecule has 5 aromatic carbocycles. The van der Waals surface area contributed by atoms with Crippen molar-refractivity contribution in [1.29, 1.82) is 0 Å². The summed E-state index contributed by atoms with van der Waals surface area (Å²) < 4.78 is 12.3. The number of ether oxygens (including phenoxy) is 2. The van der Waals surface area contributed by atoms with E-state index >= 15 is 0 Å². The van der Waals surface area contributed by atoms with E-state index in [2.05, 4.69) is 17.4 Å². The molecule has 0 aliphatic heterocycles. The van der Waals surface area contributed by atoms with Gasteiger partial charge in [-0.25, -0.2) is 9.59 Å². The molecule has 0 fully saturated rings. The number of hydrogen-bond acceptors (Lipinski definition) is 4. The zero-order valence-corrected chi connectivity index (χ0v) is 23.4. The van der Waals surface area contributed by atoms with Gasteiger partial charge in [-0.3, -0.25) is 0 Å². The first-order valence-corrected chi connectivity index (χ1v) is 14.2. The topological polar surface area (TPSA) is 84.9 Å². The summed E-state index contributed by atoms with van der Waals surface area (Å²) in [4.78, 5) is 25.4. The standard InChI is InChI=1S/C37H31NO5/c39-35(40)34(38-36(41)42-24-33-31-22-12-10-20-29(31)30-21-11-13-23-32(30)33)25-43-37(26-14-4-1-5-15-26,27-16-6-2-7-17-27)28-18-8-3-9-19-28/h1-23,33-34H,24-25H2,(H,38,41)(H,39,40)/t34-/m0/s1. The molecular formula is C37H31NO5. The van der Waals surface area contributed by atoms with Crippen molar-refractivity contribution in [2.45, 2.75) is 17.6 Å². The van der Waals surface area contributed by atoms with E-state index in [9.17, 15) is 14.7 Å². The molecule has 6 nitrogen and oxygen atoms in total. The molecule has 6 heteroatoms. The maximum Gasteiger partial charge on any atom is 0.407 e. The maximum atomic E-state index is 13.0. The highest BCUT2D eigenvalue weighted by Gasteiger charge is 2.39. The number of amides is 1. The van der Waals surface area contributed by atoms with Crippen LogP contribution in [0.5, 0.6) is 0 Å². The highest BCUT2D eigenvalue weighted by molar-refractivity contribution is 5.81. The summed E-state index contributed by atoms with van der Waals surface area (Å²) in [7, 11) is 0. The lowest BCUT2D eigenvalue weighted by atomic mass is 9.80.